The molecule has 2 aromatic rings. The maximum absolute atomic E-state index is 13.4. The van der Waals surface area contributed by atoms with Crippen molar-refractivity contribution >= 4 is 29.1 Å². The first-order valence-electron chi connectivity index (χ1n) is 7.59. The van der Waals surface area contributed by atoms with Crippen LogP contribution >= 0.6 is 11.6 Å². The van der Waals surface area contributed by atoms with Gasteiger partial charge in [0.05, 0.1) is 12.0 Å². The molecule has 2 N–H and O–H groups in total. The second kappa shape index (κ2) is 6.61. The molecule has 3 rings (SSSR count). The van der Waals surface area contributed by atoms with Crippen LogP contribution in [0.5, 0.6) is 0 Å². The predicted molar refractivity (Wildman–Crippen MR) is 90.4 cm³/mol. The van der Waals surface area contributed by atoms with Crippen molar-refractivity contribution in [1.29, 1.82) is 0 Å². The highest BCUT2D eigenvalue weighted by Crippen LogP contribution is 2.33. The van der Waals surface area contributed by atoms with E-state index in [1.165, 1.54) is 12.1 Å². The Labute approximate surface area is 144 Å². The second-order valence-corrected chi connectivity index (χ2v) is 6.26. The van der Waals surface area contributed by atoms with Crippen molar-refractivity contribution in [1.82, 2.24) is 5.32 Å². The molecule has 4 nitrogen and oxygen atoms in total. The van der Waals surface area contributed by atoms with Gasteiger partial charge in [-0.25, -0.2) is 4.39 Å². The molecule has 1 aliphatic rings. The Hall–Kier alpha value is -2.40. The minimum atomic E-state index is -0.643. The number of benzene rings is 2. The van der Waals surface area contributed by atoms with Crippen molar-refractivity contribution in [2.75, 3.05) is 5.32 Å². The van der Waals surface area contributed by atoms with Gasteiger partial charge in [0.25, 0.3) is 0 Å². The minimum Gasteiger partial charge on any atom is -0.349 e. The molecule has 24 heavy (non-hydrogen) atoms. The Kier molecular flexibility index (Phi) is 4.53. The molecule has 2 aromatic carbocycles. The maximum atomic E-state index is 13.4. The zero-order chi connectivity index (χ0) is 17.3. The standard InChI is InChI=1S/C18H16ClFN2O2/c1-10(11-3-2-4-12(19)7-11)21-18(24)15-9-17(23)22-16-8-13(20)5-6-14(15)16/h2-8,10,15H,9H2,1H3,(H,21,24)(H,22,23). The molecule has 0 saturated carbocycles. The van der Waals surface area contributed by atoms with E-state index in [-0.39, 0.29) is 24.3 Å². The summed E-state index contributed by atoms with van der Waals surface area (Å²) in [5.41, 5.74) is 1.84. The van der Waals surface area contributed by atoms with Crippen molar-refractivity contribution in [2.24, 2.45) is 0 Å². The summed E-state index contributed by atoms with van der Waals surface area (Å²) >= 11 is 5.97. The largest absolute Gasteiger partial charge is 0.349 e. The second-order valence-electron chi connectivity index (χ2n) is 5.82. The average Bonchev–Trinajstić information content (AvgIpc) is 2.53. The van der Waals surface area contributed by atoms with E-state index < -0.39 is 11.7 Å². The third kappa shape index (κ3) is 3.41. The minimum absolute atomic E-state index is 0.0345. The number of carbonyl (C=O) groups excluding carboxylic acids is 2. The van der Waals surface area contributed by atoms with Gasteiger partial charge in [-0.1, -0.05) is 29.8 Å². The maximum Gasteiger partial charge on any atom is 0.228 e. The van der Waals surface area contributed by atoms with Gasteiger partial charge in [0.1, 0.15) is 5.82 Å². The van der Waals surface area contributed by atoms with E-state index in [1.807, 2.05) is 19.1 Å². The van der Waals surface area contributed by atoms with E-state index in [0.29, 0.717) is 16.3 Å². The average molecular weight is 347 g/mol. The summed E-state index contributed by atoms with van der Waals surface area (Å²) in [4.78, 5) is 24.5. The topological polar surface area (TPSA) is 58.2 Å². The summed E-state index contributed by atoms with van der Waals surface area (Å²) in [6.45, 7) is 1.85. The number of fused-ring (bicyclic) bond motifs is 1. The van der Waals surface area contributed by atoms with Crippen LogP contribution < -0.4 is 10.6 Å². The lowest BCUT2D eigenvalue weighted by Crippen LogP contribution is -2.36. The van der Waals surface area contributed by atoms with Crippen LogP contribution in [0.15, 0.2) is 42.5 Å². The highest BCUT2D eigenvalue weighted by Gasteiger charge is 2.31. The molecule has 2 atom stereocenters. The lowest BCUT2D eigenvalue weighted by Gasteiger charge is -2.26. The Morgan fingerprint density at radius 1 is 1.33 bits per heavy atom. The lowest BCUT2D eigenvalue weighted by molar-refractivity contribution is -0.126. The normalized spacial score (nSPS) is 17.6. The van der Waals surface area contributed by atoms with E-state index in [4.69, 9.17) is 11.6 Å². The summed E-state index contributed by atoms with van der Waals surface area (Å²) < 4.78 is 13.4. The van der Waals surface area contributed by atoms with Gasteiger partial charge >= 0.3 is 0 Å². The molecule has 2 unspecified atom stereocenters. The molecular formula is C18H16ClFN2O2. The number of amides is 2. The summed E-state index contributed by atoms with van der Waals surface area (Å²) in [7, 11) is 0. The van der Waals surface area contributed by atoms with Crippen LogP contribution in [0, 0.1) is 5.82 Å². The molecule has 0 bridgehead atoms. The van der Waals surface area contributed by atoms with Gasteiger partial charge in [0.2, 0.25) is 11.8 Å². The molecule has 0 aromatic heterocycles. The fraction of sp³-hybridized carbons (Fsp3) is 0.222. The van der Waals surface area contributed by atoms with Crippen molar-refractivity contribution in [2.45, 2.75) is 25.3 Å². The van der Waals surface area contributed by atoms with Crippen molar-refractivity contribution < 1.29 is 14.0 Å². The van der Waals surface area contributed by atoms with Gasteiger partial charge in [0, 0.05) is 17.1 Å². The molecule has 124 valence electrons. The first-order valence-corrected chi connectivity index (χ1v) is 7.97. The van der Waals surface area contributed by atoms with Gasteiger partial charge in [-0.2, -0.15) is 0 Å². The SMILES string of the molecule is CC(NC(=O)C1CC(=O)Nc2cc(F)ccc21)c1cccc(Cl)c1. The van der Waals surface area contributed by atoms with Crippen molar-refractivity contribution in [3.63, 3.8) is 0 Å². The third-order valence-electron chi connectivity index (χ3n) is 4.08. The van der Waals surface area contributed by atoms with Gasteiger partial charge in [-0.15, -0.1) is 0 Å². The zero-order valence-electron chi connectivity index (χ0n) is 13.0. The Balaban J connectivity index is 1.81. The first-order chi connectivity index (χ1) is 11.4. The quantitative estimate of drug-likeness (QED) is 0.888. The third-order valence-corrected chi connectivity index (χ3v) is 4.31. The Morgan fingerprint density at radius 2 is 2.12 bits per heavy atom. The summed E-state index contributed by atoms with van der Waals surface area (Å²) in [5, 5.41) is 6.09. The number of anilines is 1. The number of hydrogen-bond donors (Lipinski definition) is 2. The fourth-order valence-corrected chi connectivity index (χ4v) is 3.04. The molecule has 1 aliphatic heterocycles. The van der Waals surface area contributed by atoms with E-state index in [9.17, 15) is 14.0 Å². The van der Waals surface area contributed by atoms with Crippen LogP contribution in [0.2, 0.25) is 5.02 Å². The number of nitrogens with one attached hydrogen (secondary N) is 2. The monoisotopic (exact) mass is 346 g/mol. The van der Waals surface area contributed by atoms with E-state index in [2.05, 4.69) is 10.6 Å². The Bertz CT molecular complexity index is 809. The first kappa shape index (κ1) is 16.5. The van der Waals surface area contributed by atoms with Crippen LogP contribution in [0.1, 0.15) is 36.4 Å². The van der Waals surface area contributed by atoms with E-state index in [0.717, 1.165) is 5.56 Å². The highest BCUT2D eigenvalue weighted by molar-refractivity contribution is 6.30. The molecular weight excluding hydrogens is 331 g/mol. The van der Waals surface area contributed by atoms with Crippen molar-refractivity contribution in [3.8, 4) is 0 Å². The number of rotatable bonds is 3. The van der Waals surface area contributed by atoms with Crippen LogP contribution in [-0.4, -0.2) is 11.8 Å². The molecule has 0 fully saturated rings. The predicted octanol–water partition coefficient (Wildman–Crippen LogP) is 3.78. The molecule has 0 radical (unpaired) electrons. The number of halogens is 2. The van der Waals surface area contributed by atoms with Crippen molar-refractivity contribution in [3.05, 3.63) is 64.4 Å². The summed E-state index contributed by atoms with van der Waals surface area (Å²) in [6, 6.07) is 11.0. The number of hydrogen-bond acceptors (Lipinski definition) is 2. The molecule has 1 heterocycles. The van der Waals surface area contributed by atoms with Crippen LogP contribution in [0.25, 0.3) is 0 Å². The summed E-state index contributed by atoms with van der Waals surface area (Å²) in [5.74, 6) is -1.67. The van der Waals surface area contributed by atoms with E-state index >= 15 is 0 Å². The molecule has 6 heteroatoms. The smallest absolute Gasteiger partial charge is 0.228 e. The fourth-order valence-electron chi connectivity index (χ4n) is 2.84. The van der Waals surface area contributed by atoms with Crippen LogP contribution in [0.4, 0.5) is 10.1 Å². The lowest BCUT2D eigenvalue weighted by atomic mass is 9.89. The van der Waals surface area contributed by atoms with E-state index in [1.54, 1.807) is 18.2 Å². The Morgan fingerprint density at radius 3 is 2.88 bits per heavy atom. The van der Waals surface area contributed by atoms with Gasteiger partial charge in [-0.05, 0) is 42.3 Å². The molecule has 2 amide bonds. The molecule has 0 aliphatic carbocycles. The van der Waals surface area contributed by atoms with Gasteiger partial charge in [0.15, 0.2) is 0 Å². The van der Waals surface area contributed by atoms with Gasteiger partial charge < -0.3 is 10.6 Å². The zero-order valence-corrected chi connectivity index (χ0v) is 13.7. The number of carbonyl (C=O) groups is 2. The van der Waals surface area contributed by atoms with Crippen LogP contribution in [0.3, 0.4) is 0 Å². The van der Waals surface area contributed by atoms with Crippen LogP contribution in [-0.2, 0) is 9.59 Å². The molecule has 0 spiro atoms. The highest BCUT2D eigenvalue weighted by atomic mass is 35.5. The summed E-state index contributed by atoms with van der Waals surface area (Å²) in [6.07, 6.45) is 0.0345. The molecule has 0 saturated heterocycles. The van der Waals surface area contributed by atoms with Gasteiger partial charge in [-0.3, -0.25) is 9.59 Å².